The van der Waals surface area contributed by atoms with E-state index >= 15 is 0 Å². The average Bonchev–Trinajstić information content (AvgIpc) is 3.03. The Kier molecular flexibility index (Phi) is 6.55. The van der Waals surface area contributed by atoms with Gasteiger partial charge in [0.25, 0.3) is 5.91 Å². The van der Waals surface area contributed by atoms with E-state index < -0.39 is 17.8 Å². The molecule has 8 heteroatoms. The Morgan fingerprint density at radius 3 is 2.57 bits per heavy atom. The summed E-state index contributed by atoms with van der Waals surface area (Å²) in [4.78, 5) is 13.6. The molecule has 158 valence electrons. The molecule has 0 aliphatic heterocycles. The van der Waals surface area contributed by atoms with E-state index in [4.69, 9.17) is 4.52 Å². The minimum Gasteiger partial charge on any atom is -0.361 e. The number of carbonyl (C=O) groups is 1. The van der Waals surface area contributed by atoms with Crippen molar-refractivity contribution in [3.8, 4) is 0 Å². The summed E-state index contributed by atoms with van der Waals surface area (Å²) in [6, 6.07) is 11.5. The van der Waals surface area contributed by atoms with E-state index in [9.17, 15) is 18.0 Å². The molecule has 1 atom stereocenters. The number of nitrogens with zero attached hydrogens (tertiary/aromatic N) is 1. The third kappa shape index (κ3) is 5.05. The zero-order valence-electron chi connectivity index (χ0n) is 16.7. The largest absolute Gasteiger partial charge is 0.416 e. The molecule has 3 rings (SSSR count). The maximum absolute atomic E-state index is 13.0. The summed E-state index contributed by atoms with van der Waals surface area (Å²) in [6.07, 6.45) is -4.43. The molecule has 0 spiro atoms. The van der Waals surface area contributed by atoms with Gasteiger partial charge in [0.1, 0.15) is 5.76 Å². The number of aryl methyl sites for hydroxylation is 2. The lowest BCUT2D eigenvalue weighted by molar-refractivity contribution is -0.137. The lowest BCUT2D eigenvalue weighted by atomic mass is 10.0. The highest BCUT2D eigenvalue weighted by Crippen LogP contribution is 2.31. The molecule has 1 heterocycles. The van der Waals surface area contributed by atoms with Gasteiger partial charge in [-0.15, -0.1) is 11.8 Å². The Bertz CT molecular complexity index is 1030. The first kappa shape index (κ1) is 22.0. The van der Waals surface area contributed by atoms with Gasteiger partial charge in [0.15, 0.2) is 0 Å². The number of amides is 1. The summed E-state index contributed by atoms with van der Waals surface area (Å²) in [7, 11) is 0. The normalized spacial score (nSPS) is 12.6. The van der Waals surface area contributed by atoms with Crippen molar-refractivity contribution in [2.45, 2.75) is 43.6 Å². The molecule has 30 heavy (non-hydrogen) atoms. The zero-order valence-corrected chi connectivity index (χ0v) is 17.5. The van der Waals surface area contributed by atoms with Crippen LogP contribution < -0.4 is 5.32 Å². The smallest absolute Gasteiger partial charge is 0.361 e. The van der Waals surface area contributed by atoms with Crippen molar-refractivity contribution >= 4 is 17.7 Å². The summed E-state index contributed by atoms with van der Waals surface area (Å²) >= 11 is 1.48. The predicted molar refractivity (Wildman–Crippen MR) is 109 cm³/mol. The highest BCUT2D eigenvalue weighted by atomic mass is 32.2. The zero-order chi connectivity index (χ0) is 21.9. The fraction of sp³-hybridized carbons (Fsp3) is 0.273. The van der Waals surface area contributed by atoms with Crippen LogP contribution in [0.25, 0.3) is 0 Å². The fourth-order valence-electron chi connectivity index (χ4n) is 2.98. The highest BCUT2D eigenvalue weighted by Gasteiger charge is 2.30. The molecule has 1 aromatic heterocycles. The van der Waals surface area contributed by atoms with Gasteiger partial charge >= 0.3 is 6.18 Å². The number of hydrogen-bond acceptors (Lipinski definition) is 4. The van der Waals surface area contributed by atoms with E-state index in [0.29, 0.717) is 16.9 Å². The number of benzene rings is 2. The van der Waals surface area contributed by atoms with Crippen LogP contribution in [-0.2, 0) is 11.9 Å². The van der Waals surface area contributed by atoms with Crippen molar-refractivity contribution in [3.05, 3.63) is 82.2 Å². The number of thioether (sulfide) groups is 1. The van der Waals surface area contributed by atoms with Crippen LogP contribution in [0, 0.1) is 13.8 Å². The molecule has 1 unspecified atom stereocenters. The maximum Gasteiger partial charge on any atom is 0.416 e. The molecule has 0 aliphatic carbocycles. The first-order valence-corrected chi connectivity index (χ1v) is 10.3. The topological polar surface area (TPSA) is 55.1 Å². The van der Waals surface area contributed by atoms with Gasteiger partial charge in [0.05, 0.1) is 22.9 Å². The van der Waals surface area contributed by atoms with Crippen LogP contribution in [-0.4, -0.2) is 11.1 Å². The van der Waals surface area contributed by atoms with Gasteiger partial charge in [-0.2, -0.15) is 13.2 Å². The molecular weight excluding hydrogens is 413 g/mol. The molecule has 1 amide bonds. The van der Waals surface area contributed by atoms with Gasteiger partial charge in [-0.3, -0.25) is 4.79 Å². The number of hydrogen-bond donors (Lipinski definition) is 1. The molecule has 0 saturated heterocycles. The van der Waals surface area contributed by atoms with Crippen molar-refractivity contribution in [3.63, 3.8) is 0 Å². The first-order chi connectivity index (χ1) is 14.2. The van der Waals surface area contributed by atoms with Crippen LogP contribution in [0.2, 0.25) is 0 Å². The Morgan fingerprint density at radius 2 is 1.90 bits per heavy atom. The highest BCUT2D eigenvalue weighted by molar-refractivity contribution is 7.98. The molecule has 0 fully saturated rings. The molecule has 2 aromatic carbocycles. The molecule has 1 N–H and O–H groups in total. The van der Waals surface area contributed by atoms with Gasteiger partial charge in [0, 0.05) is 16.2 Å². The molecule has 0 bridgehead atoms. The van der Waals surface area contributed by atoms with Gasteiger partial charge in [0.2, 0.25) is 0 Å². The summed E-state index contributed by atoms with van der Waals surface area (Å²) < 4.78 is 44.1. The van der Waals surface area contributed by atoms with E-state index in [1.54, 1.807) is 25.1 Å². The van der Waals surface area contributed by atoms with Gasteiger partial charge in [-0.25, -0.2) is 0 Å². The van der Waals surface area contributed by atoms with Crippen molar-refractivity contribution in [2.24, 2.45) is 0 Å². The second kappa shape index (κ2) is 8.95. The first-order valence-electron chi connectivity index (χ1n) is 9.28. The van der Waals surface area contributed by atoms with Crippen LogP contribution in [0.15, 0.2) is 57.9 Å². The van der Waals surface area contributed by atoms with Gasteiger partial charge in [-0.05, 0) is 50.6 Å². The van der Waals surface area contributed by atoms with Crippen LogP contribution in [0.1, 0.15) is 51.5 Å². The summed E-state index contributed by atoms with van der Waals surface area (Å²) in [5.41, 5.74) is 1.90. The van der Waals surface area contributed by atoms with Gasteiger partial charge in [-0.1, -0.05) is 29.4 Å². The fourth-order valence-corrected chi connectivity index (χ4v) is 4.18. The molecule has 0 saturated carbocycles. The Balaban J connectivity index is 1.74. The van der Waals surface area contributed by atoms with E-state index in [-0.39, 0.29) is 5.91 Å². The van der Waals surface area contributed by atoms with Crippen molar-refractivity contribution in [1.29, 1.82) is 0 Å². The van der Waals surface area contributed by atoms with Crippen LogP contribution in [0.3, 0.4) is 0 Å². The van der Waals surface area contributed by atoms with E-state index in [2.05, 4.69) is 10.5 Å². The third-order valence-electron chi connectivity index (χ3n) is 4.75. The lowest BCUT2D eigenvalue weighted by Crippen LogP contribution is -2.27. The molecular formula is C22H21F3N2O2S. The Labute approximate surface area is 176 Å². The van der Waals surface area contributed by atoms with E-state index in [1.165, 1.54) is 17.8 Å². The van der Waals surface area contributed by atoms with Crippen molar-refractivity contribution < 1.29 is 22.5 Å². The number of alkyl halides is 3. The number of carbonyl (C=O) groups excluding carboxylic acids is 1. The van der Waals surface area contributed by atoms with Crippen molar-refractivity contribution in [1.82, 2.24) is 10.5 Å². The van der Waals surface area contributed by atoms with Crippen LogP contribution in [0.4, 0.5) is 13.2 Å². The quantitative estimate of drug-likeness (QED) is 0.477. The molecule has 3 aromatic rings. The second-order valence-electron chi connectivity index (χ2n) is 6.91. The number of aromatic nitrogens is 1. The van der Waals surface area contributed by atoms with Gasteiger partial charge < -0.3 is 9.84 Å². The minimum atomic E-state index is -4.43. The standard InChI is InChI=1S/C22H21F3N2O2S/c1-13(16-7-6-8-17(11-16)22(23,24)25)26-21(28)18-9-4-5-10-20(18)30-12-19-14(2)27-29-15(19)3/h4-11,13H,12H2,1-3H3,(H,26,28). The minimum absolute atomic E-state index is 0.346. The molecule has 4 nitrogen and oxygen atoms in total. The Morgan fingerprint density at radius 1 is 1.17 bits per heavy atom. The average molecular weight is 434 g/mol. The van der Waals surface area contributed by atoms with Crippen molar-refractivity contribution in [2.75, 3.05) is 0 Å². The summed E-state index contributed by atoms with van der Waals surface area (Å²) in [5.74, 6) is 0.983. The van der Waals surface area contributed by atoms with Crippen LogP contribution >= 0.6 is 11.8 Å². The lowest BCUT2D eigenvalue weighted by Gasteiger charge is -2.17. The van der Waals surface area contributed by atoms with E-state index in [1.807, 2.05) is 26.0 Å². The number of rotatable bonds is 6. The maximum atomic E-state index is 13.0. The Hall–Kier alpha value is -2.74. The molecule has 0 radical (unpaired) electrons. The second-order valence-corrected chi connectivity index (χ2v) is 7.92. The van der Waals surface area contributed by atoms with Crippen LogP contribution in [0.5, 0.6) is 0 Å². The van der Waals surface area contributed by atoms with E-state index in [0.717, 1.165) is 34.0 Å². The number of halogens is 3. The monoisotopic (exact) mass is 434 g/mol. The molecule has 0 aliphatic rings. The summed E-state index contributed by atoms with van der Waals surface area (Å²) in [6.45, 7) is 5.36. The number of nitrogens with one attached hydrogen (secondary N) is 1. The third-order valence-corrected chi connectivity index (χ3v) is 5.85. The SMILES string of the molecule is Cc1noc(C)c1CSc1ccccc1C(=O)NC(C)c1cccc(C(F)(F)F)c1. The summed E-state index contributed by atoms with van der Waals surface area (Å²) in [5, 5.41) is 6.73. The predicted octanol–water partition coefficient (Wildman–Crippen LogP) is 6.09.